The smallest absolute Gasteiger partial charge is 0.271 e. The Kier molecular flexibility index (Phi) is 8.52. The third-order valence-corrected chi connectivity index (χ3v) is 5.86. The van der Waals surface area contributed by atoms with Crippen LogP contribution in [0.5, 0.6) is 11.5 Å². The van der Waals surface area contributed by atoms with E-state index in [0.717, 1.165) is 27.6 Å². The fourth-order valence-electron chi connectivity index (χ4n) is 3.67. The van der Waals surface area contributed by atoms with Crippen molar-refractivity contribution in [3.05, 3.63) is 107 Å². The molecule has 0 aliphatic rings. The molecular formula is C28H26ClN3O4. The minimum atomic E-state index is -0.572. The van der Waals surface area contributed by atoms with E-state index in [2.05, 4.69) is 15.8 Å². The molecule has 0 aromatic heterocycles. The Bertz CT molecular complexity index is 1360. The van der Waals surface area contributed by atoms with Crippen LogP contribution < -0.4 is 15.5 Å². The average Bonchev–Trinajstić information content (AvgIpc) is 2.91. The van der Waals surface area contributed by atoms with Gasteiger partial charge in [-0.2, -0.15) is 5.10 Å². The average molecular weight is 504 g/mol. The number of aliphatic hydroxyl groups excluding tert-OH is 1. The minimum Gasteiger partial charge on any atom is -0.506 e. The molecule has 4 aromatic rings. The van der Waals surface area contributed by atoms with Crippen molar-refractivity contribution < 1.29 is 19.7 Å². The summed E-state index contributed by atoms with van der Waals surface area (Å²) in [6.45, 7) is 1.45. The number of amides is 1. The molecule has 0 saturated heterocycles. The number of ether oxygens (including phenoxy) is 1. The van der Waals surface area contributed by atoms with Gasteiger partial charge in [-0.25, -0.2) is 5.43 Å². The van der Waals surface area contributed by atoms with E-state index in [4.69, 9.17) is 16.3 Å². The van der Waals surface area contributed by atoms with Crippen molar-refractivity contribution in [3.8, 4) is 11.5 Å². The summed E-state index contributed by atoms with van der Waals surface area (Å²) < 4.78 is 5.99. The molecule has 0 fully saturated rings. The first-order valence-corrected chi connectivity index (χ1v) is 11.8. The summed E-state index contributed by atoms with van der Waals surface area (Å²) in [6, 6.07) is 25.2. The molecule has 4 aromatic carbocycles. The summed E-state index contributed by atoms with van der Waals surface area (Å²) in [7, 11) is 0. The van der Waals surface area contributed by atoms with Crippen molar-refractivity contribution in [2.75, 3.05) is 19.7 Å². The number of phenols is 1. The zero-order chi connectivity index (χ0) is 25.3. The van der Waals surface area contributed by atoms with Gasteiger partial charge in [-0.3, -0.25) is 4.79 Å². The van der Waals surface area contributed by atoms with Gasteiger partial charge < -0.3 is 20.3 Å². The molecule has 0 bridgehead atoms. The van der Waals surface area contributed by atoms with Gasteiger partial charge in [0, 0.05) is 29.6 Å². The molecule has 0 spiro atoms. The second-order valence-electron chi connectivity index (χ2n) is 8.04. The number of halogens is 1. The number of phenolic OH excluding ortho intramolecular Hbond substituents is 1. The Morgan fingerprint density at radius 3 is 2.53 bits per heavy atom. The van der Waals surface area contributed by atoms with Crippen LogP contribution in [0, 0.1) is 0 Å². The second kappa shape index (κ2) is 12.2. The van der Waals surface area contributed by atoms with Gasteiger partial charge in [0.05, 0.1) is 17.3 Å². The number of carbonyl (C=O) groups is 1. The summed E-state index contributed by atoms with van der Waals surface area (Å²) >= 11 is 5.87. The largest absolute Gasteiger partial charge is 0.506 e. The molecule has 0 radical (unpaired) electrons. The first kappa shape index (κ1) is 25.2. The maximum atomic E-state index is 12.3. The van der Waals surface area contributed by atoms with Crippen molar-refractivity contribution in [1.29, 1.82) is 0 Å². The SMILES string of the molecule is O=C(NN=Cc1ccc(OCCNCC(O)c2ccccc2)c2ccccc12)c1ccc(O)c(Cl)c1. The molecule has 8 heteroatoms. The maximum absolute atomic E-state index is 12.3. The third-order valence-electron chi connectivity index (χ3n) is 5.56. The molecule has 0 heterocycles. The van der Waals surface area contributed by atoms with Gasteiger partial charge in [0.1, 0.15) is 18.1 Å². The van der Waals surface area contributed by atoms with E-state index in [9.17, 15) is 15.0 Å². The predicted molar refractivity (Wildman–Crippen MR) is 142 cm³/mol. The van der Waals surface area contributed by atoms with Gasteiger partial charge in [-0.1, -0.05) is 66.2 Å². The van der Waals surface area contributed by atoms with Crippen LogP contribution in [0.15, 0.2) is 90.0 Å². The Balaban J connectivity index is 1.34. The van der Waals surface area contributed by atoms with Gasteiger partial charge in [0.2, 0.25) is 0 Å². The Morgan fingerprint density at radius 2 is 1.75 bits per heavy atom. The molecule has 1 unspecified atom stereocenters. The van der Waals surface area contributed by atoms with Crippen LogP contribution in [-0.4, -0.2) is 42.0 Å². The van der Waals surface area contributed by atoms with Crippen LogP contribution in [0.1, 0.15) is 27.6 Å². The molecular weight excluding hydrogens is 478 g/mol. The fraction of sp³-hybridized carbons (Fsp3) is 0.143. The van der Waals surface area contributed by atoms with Crippen molar-refractivity contribution in [2.45, 2.75) is 6.10 Å². The van der Waals surface area contributed by atoms with Gasteiger partial charge in [0.25, 0.3) is 5.91 Å². The van der Waals surface area contributed by atoms with Gasteiger partial charge in [0.15, 0.2) is 0 Å². The maximum Gasteiger partial charge on any atom is 0.271 e. The quantitative estimate of drug-likeness (QED) is 0.143. The number of aliphatic hydroxyl groups is 1. The summed E-state index contributed by atoms with van der Waals surface area (Å²) in [5.74, 6) is 0.198. The van der Waals surface area contributed by atoms with Gasteiger partial charge >= 0.3 is 0 Å². The van der Waals surface area contributed by atoms with E-state index in [0.29, 0.717) is 19.7 Å². The number of rotatable bonds is 10. The molecule has 0 aliphatic heterocycles. The Labute approximate surface area is 214 Å². The number of hydrazone groups is 1. The highest BCUT2D eigenvalue weighted by Gasteiger charge is 2.09. The lowest BCUT2D eigenvalue weighted by Gasteiger charge is -2.14. The molecule has 4 rings (SSSR count). The zero-order valence-corrected chi connectivity index (χ0v) is 20.2. The predicted octanol–water partition coefficient (Wildman–Crippen LogP) is 4.66. The van der Waals surface area contributed by atoms with Crippen molar-refractivity contribution in [3.63, 3.8) is 0 Å². The van der Waals surface area contributed by atoms with E-state index in [1.54, 1.807) is 6.21 Å². The van der Waals surface area contributed by atoms with Crippen LogP contribution in [-0.2, 0) is 0 Å². The highest BCUT2D eigenvalue weighted by molar-refractivity contribution is 6.32. The first-order chi connectivity index (χ1) is 17.5. The topological polar surface area (TPSA) is 103 Å². The van der Waals surface area contributed by atoms with Crippen LogP contribution in [0.3, 0.4) is 0 Å². The normalized spacial score (nSPS) is 12.1. The summed E-state index contributed by atoms with van der Waals surface area (Å²) in [5, 5.41) is 29.0. The Hall–Kier alpha value is -3.91. The summed E-state index contributed by atoms with van der Waals surface area (Å²) in [5.41, 5.74) is 4.44. The zero-order valence-electron chi connectivity index (χ0n) is 19.4. The van der Waals surface area contributed by atoms with Gasteiger partial charge in [-0.15, -0.1) is 0 Å². The summed E-state index contributed by atoms with van der Waals surface area (Å²) in [4.78, 5) is 12.3. The number of fused-ring (bicyclic) bond motifs is 1. The van der Waals surface area contributed by atoms with E-state index >= 15 is 0 Å². The molecule has 0 aliphatic carbocycles. The lowest BCUT2D eigenvalue weighted by atomic mass is 10.0. The van der Waals surface area contributed by atoms with E-state index in [-0.39, 0.29) is 16.3 Å². The number of carbonyl (C=O) groups excluding carboxylic acids is 1. The molecule has 4 N–H and O–H groups in total. The number of hydrogen-bond acceptors (Lipinski definition) is 6. The van der Waals surface area contributed by atoms with Crippen LogP contribution in [0.25, 0.3) is 10.8 Å². The molecule has 36 heavy (non-hydrogen) atoms. The minimum absolute atomic E-state index is 0.0916. The number of aromatic hydroxyl groups is 1. The molecule has 184 valence electrons. The fourth-order valence-corrected chi connectivity index (χ4v) is 3.85. The highest BCUT2D eigenvalue weighted by atomic mass is 35.5. The van der Waals surface area contributed by atoms with E-state index in [1.165, 1.54) is 18.2 Å². The van der Waals surface area contributed by atoms with E-state index in [1.807, 2.05) is 66.7 Å². The summed E-state index contributed by atoms with van der Waals surface area (Å²) in [6.07, 6.45) is 0.996. The number of nitrogens with one attached hydrogen (secondary N) is 2. The monoisotopic (exact) mass is 503 g/mol. The molecule has 7 nitrogen and oxygen atoms in total. The van der Waals surface area contributed by atoms with Crippen LogP contribution in [0.2, 0.25) is 5.02 Å². The number of nitrogens with zero attached hydrogens (tertiary/aromatic N) is 1. The second-order valence-corrected chi connectivity index (χ2v) is 8.45. The van der Waals surface area contributed by atoms with Crippen molar-refractivity contribution >= 4 is 34.5 Å². The highest BCUT2D eigenvalue weighted by Crippen LogP contribution is 2.28. The first-order valence-electron chi connectivity index (χ1n) is 11.4. The Morgan fingerprint density at radius 1 is 1.00 bits per heavy atom. The number of benzene rings is 4. The third kappa shape index (κ3) is 6.40. The molecule has 1 amide bonds. The van der Waals surface area contributed by atoms with Crippen molar-refractivity contribution in [1.82, 2.24) is 10.7 Å². The number of hydrogen-bond donors (Lipinski definition) is 4. The lowest BCUT2D eigenvalue weighted by molar-refractivity contribution is 0.0955. The molecule has 0 saturated carbocycles. The van der Waals surface area contributed by atoms with Crippen LogP contribution in [0.4, 0.5) is 0 Å². The van der Waals surface area contributed by atoms with E-state index < -0.39 is 12.0 Å². The molecule has 1 atom stereocenters. The van der Waals surface area contributed by atoms with Gasteiger partial charge in [-0.05, 0) is 41.3 Å². The van der Waals surface area contributed by atoms with Crippen molar-refractivity contribution in [2.24, 2.45) is 5.10 Å². The lowest BCUT2D eigenvalue weighted by Crippen LogP contribution is -2.26. The van der Waals surface area contributed by atoms with Crippen LogP contribution >= 0.6 is 11.6 Å². The standard InChI is InChI=1S/C28H26ClN3O4/c29-24-16-20(10-12-25(24)33)28(35)32-31-17-21-11-13-27(23-9-5-4-8-22(21)23)36-15-14-30-18-26(34)19-6-2-1-3-7-19/h1-13,16-17,26,30,33-34H,14-15,18H2,(H,32,35).